The van der Waals surface area contributed by atoms with Crippen LogP contribution in [0, 0.1) is 0 Å². The fourth-order valence-corrected chi connectivity index (χ4v) is 1.66. The molecule has 0 atom stereocenters. The Kier molecular flexibility index (Phi) is 5.32. The molecule has 1 aliphatic rings. The highest BCUT2D eigenvalue weighted by Crippen LogP contribution is 2.15. The minimum Gasteiger partial charge on any atom is -0.447 e. The Morgan fingerprint density at radius 2 is 2.00 bits per heavy atom. The summed E-state index contributed by atoms with van der Waals surface area (Å²) in [7, 11) is 2.01. The van der Waals surface area contributed by atoms with E-state index in [1.165, 1.54) is 0 Å². The zero-order valence-electron chi connectivity index (χ0n) is 10.4. The maximum atomic E-state index is 10.1. The third-order valence-electron chi connectivity index (χ3n) is 2.45. The number of hydrogen-bond donors (Lipinski definition) is 1. The van der Waals surface area contributed by atoms with Crippen LogP contribution < -0.4 is 4.89 Å². The number of rotatable bonds is 4. The minimum absolute atomic E-state index is 0. The van der Waals surface area contributed by atoms with Crippen LogP contribution in [0.2, 0.25) is 0 Å². The van der Waals surface area contributed by atoms with Crippen molar-refractivity contribution in [2.45, 2.75) is 6.54 Å². The van der Waals surface area contributed by atoms with Crippen molar-refractivity contribution in [2.24, 2.45) is 0 Å². The van der Waals surface area contributed by atoms with Gasteiger partial charge in [0.1, 0.15) is 0 Å². The lowest BCUT2D eigenvalue weighted by molar-refractivity contribution is -0.161. The van der Waals surface area contributed by atoms with E-state index < -0.39 is 6.16 Å². The molecule has 1 heterocycles. The second-order valence-electron chi connectivity index (χ2n) is 4.02. The predicted molar refractivity (Wildman–Crippen MR) is 70.7 cm³/mol. The molecule has 0 fully saturated rings. The molecule has 1 N–H and O–H groups in total. The first-order valence-corrected chi connectivity index (χ1v) is 5.42. The summed E-state index contributed by atoms with van der Waals surface area (Å²) in [4.78, 5) is 22.9. The fraction of sp³-hybridized carbons (Fsp3) is 0.250. The lowest BCUT2D eigenvalue weighted by Crippen LogP contribution is -2.21. The van der Waals surface area contributed by atoms with E-state index in [4.69, 9.17) is 5.11 Å². The van der Waals surface area contributed by atoms with Gasteiger partial charge in [-0.15, -0.1) is 12.4 Å². The first-order valence-electron chi connectivity index (χ1n) is 5.42. The molecule has 0 saturated carbocycles. The molecule has 0 saturated heterocycles. The highest BCUT2D eigenvalue weighted by Gasteiger charge is 2.09. The first kappa shape index (κ1) is 15.0. The van der Waals surface area contributed by atoms with Crippen molar-refractivity contribution in [3.05, 3.63) is 42.2 Å². The van der Waals surface area contributed by atoms with Crippen LogP contribution in [0.4, 0.5) is 4.79 Å². The van der Waals surface area contributed by atoms with E-state index >= 15 is 0 Å². The van der Waals surface area contributed by atoms with Crippen LogP contribution in [0.5, 0.6) is 5.75 Å². The van der Waals surface area contributed by atoms with Crippen molar-refractivity contribution in [1.82, 2.24) is 9.80 Å². The Hall–Kier alpha value is -2.08. The summed E-state index contributed by atoms with van der Waals surface area (Å²) in [6.07, 6.45) is 2.57. The van der Waals surface area contributed by atoms with Crippen LogP contribution in [0.15, 0.2) is 36.7 Å². The summed E-state index contributed by atoms with van der Waals surface area (Å²) in [5, 5.41) is 8.28. The molecule has 0 amide bonds. The number of hydrogen-bond acceptors (Lipinski definition) is 5. The van der Waals surface area contributed by atoms with Gasteiger partial charge in [0, 0.05) is 26.0 Å². The molecule has 1 aromatic rings. The molecule has 0 spiro atoms. The van der Waals surface area contributed by atoms with Crippen molar-refractivity contribution in [1.29, 1.82) is 0 Å². The molecule has 19 heavy (non-hydrogen) atoms. The molecule has 0 unspecified atom stereocenters. The van der Waals surface area contributed by atoms with Crippen LogP contribution in [-0.4, -0.2) is 34.8 Å². The Labute approximate surface area is 117 Å². The molecule has 2 rings (SSSR count). The Balaban J connectivity index is 0.00000180. The Bertz CT molecular complexity index is 450. The van der Waals surface area contributed by atoms with Crippen molar-refractivity contribution in [3.63, 3.8) is 0 Å². The molecule has 1 aliphatic heterocycles. The van der Waals surface area contributed by atoms with Gasteiger partial charge in [0.05, 0.1) is 6.67 Å². The summed E-state index contributed by atoms with van der Waals surface area (Å²) in [6.45, 7) is 1.65. The van der Waals surface area contributed by atoms with Crippen molar-refractivity contribution in [2.75, 3.05) is 13.7 Å². The van der Waals surface area contributed by atoms with Crippen LogP contribution >= 0.6 is 12.4 Å². The standard InChI is InChI=1S/C12H14N2O4.ClH/c1-13-6-7-14(9-13)8-10-2-4-11(5-3-10)17-18-12(15)16;/h2-7H,8-9H2,1H3,(H,15,16);1H. The normalized spacial score (nSPS) is 13.1. The molecule has 0 aliphatic carbocycles. The van der Waals surface area contributed by atoms with E-state index in [1.807, 2.05) is 31.6 Å². The smallest absolute Gasteiger partial charge is 0.447 e. The number of carboxylic acid groups (broad SMARTS) is 1. The lowest BCUT2D eigenvalue weighted by Gasteiger charge is -2.18. The lowest BCUT2D eigenvalue weighted by atomic mass is 10.2. The maximum Gasteiger partial charge on any atom is 0.547 e. The molecule has 1 aromatic carbocycles. The number of halogens is 1. The monoisotopic (exact) mass is 286 g/mol. The zero-order valence-corrected chi connectivity index (χ0v) is 11.2. The molecule has 0 bridgehead atoms. The predicted octanol–water partition coefficient (Wildman–Crippen LogP) is 2.27. The van der Waals surface area contributed by atoms with Gasteiger partial charge in [-0.05, 0) is 17.7 Å². The third kappa shape index (κ3) is 4.59. The Morgan fingerprint density at radius 3 is 2.53 bits per heavy atom. The summed E-state index contributed by atoms with van der Waals surface area (Å²) < 4.78 is 0. The average Bonchev–Trinajstić information content (AvgIpc) is 2.74. The Morgan fingerprint density at radius 1 is 1.32 bits per heavy atom. The highest BCUT2D eigenvalue weighted by molar-refractivity contribution is 5.85. The topological polar surface area (TPSA) is 62.2 Å². The highest BCUT2D eigenvalue weighted by atomic mass is 35.5. The molecule has 0 aromatic heterocycles. The summed E-state index contributed by atoms with van der Waals surface area (Å²) in [5.74, 6) is 0.357. The van der Waals surface area contributed by atoms with Gasteiger partial charge in [-0.25, -0.2) is 9.68 Å². The molecular weight excluding hydrogens is 272 g/mol. The van der Waals surface area contributed by atoms with E-state index in [2.05, 4.69) is 19.6 Å². The quantitative estimate of drug-likeness (QED) is 0.677. The fourth-order valence-electron chi connectivity index (χ4n) is 1.66. The summed E-state index contributed by atoms with van der Waals surface area (Å²) >= 11 is 0. The van der Waals surface area contributed by atoms with Crippen LogP contribution in [0.3, 0.4) is 0 Å². The van der Waals surface area contributed by atoms with E-state index in [-0.39, 0.29) is 12.4 Å². The second kappa shape index (κ2) is 6.75. The first-order chi connectivity index (χ1) is 8.63. The molecule has 7 heteroatoms. The van der Waals surface area contributed by atoms with Gasteiger partial charge in [0.2, 0.25) is 0 Å². The van der Waals surface area contributed by atoms with E-state index in [0.29, 0.717) is 5.75 Å². The molecule has 104 valence electrons. The molecular formula is C12H15ClN2O4. The maximum absolute atomic E-state index is 10.1. The second-order valence-corrected chi connectivity index (χ2v) is 4.02. The van der Waals surface area contributed by atoms with Crippen LogP contribution in [0.1, 0.15) is 5.56 Å². The van der Waals surface area contributed by atoms with Gasteiger partial charge in [-0.2, -0.15) is 0 Å². The minimum atomic E-state index is -1.47. The largest absolute Gasteiger partial charge is 0.547 e. The van der Waals surface area contributed by atoms with Crippen LogP contribution in [0.25, 0.3) is 0 Å². The van der Waals surface area contributed by atoms with Crippen molar-refractivity contribution < 1.29 is 19.7 Å². The SMILES string of the molecule is CN1C=CN(Cc2ccc(OOC(=O)O)cc2)C1.Cl. The van der Waals surface area contributed by atoms with E-state index in [1.54, 1.807) is 12.1 Å². The summed E-state index contributed by atoms with van der Waals surface area (Å²) in [6, 6.07) is 7.07. The van der Waals surface area contributed by atoms with Crippen molar-refractivity contribution in [3.8, 4) is 5.75 Å². The van der Waals surface area contributed by atoms with Crippen LogP contribution in [-0.2, 0) is 11.4 Å². The summed E-state index contributed by atoms with van der Waals surface area (Å²) in [5.41, 5.74) is 1.11. The van der Waals surface area contributed by atoms with Gasteiger partial charge < -0.3 is 14.9 Å². The zero-order chi connectivity index (χ0) is 13.0. The van der Waals surface area contributed by atoms with Gasteiger partial charge in [-0.1, -0.05) is 12.1 Å². The molecule has 0 radical (unpaired) electrons. The average molecular weight is 287 g/mol. The number of benzene rings is 1. The number of nitrogens with zero attached hydrogens (tertiary/aromatic N) is 2. The van der Waals surface area contributed by atoms with Gasteiger partial charge >= 0.3 is 6.16 Å². The number of carbonyl (C=O) groups is 1. The van der Waals surface area contributed by atoms with Gasteiger partial charge in [-0.3, -0.25) is 4.89 Å². The van der Waals surface area contributed by atoms with E-state index in [9.17, 15) is 4.79 Å². The van der Waals surface area contributed by atoms with E-state index in [0.717, 1.165) is 18.8 Å². The van der Waals surface area contributed by atoms with Crippen molar-refractivity contribution >= 4 is 18.6 Å². The molecule has 6 nitrogen and oxygen atoms in total. The third-order valence-corrected chi connectivity index (χ3v) is 2.45. The van der Waals surface area contributed by atoms with Gasteiger partial charge in [0.25, 0.3) is 0 Å². The van der Waals surface area contributed by atoms with Gasteiger partial charge in [0.15, 0.2) is 5.75 Å².